The van der Waals surface area contributed by atoms with Crippen molar-refractivity contribution in [3.8, 4) is 0 Å². The fraction of sp³-hybridized carbons (Fsp3) is 0.750. The van der Waals surface area contributed by atoms with Crippen molar-refractivity contribution < 1.29 is 14.0 Å². The van der Waals surface area contributed by atoms with Crippen LogP contribution in [0.25, 0.3) is 0 Å². The van der Waals surface area contributed by atoms with Gasteiger partial charge in [-0.25, -0.2) is 0 Å². The SMILES string of the molecule is [CH2]COB1OCCO1. The van der Waals surface area contributed by atoms with E-state index < -0.39 is 7.32 Å². The van der Waals surface area contributed by atoms with Gasteiger partial charge in [-0.05, 0) is 6.92 Å². The molecule has 0 aromatic carbocycles. The van der Waals surface area contributed by atoms with Gasteiger partial charge in [0, 0.05) is 6.61 Å². The molecule has 1 fully saturated rings. The highest BCUT2D eigenvalue weighted by molar-refractivity contribution is 6.36. The average molecular weight is 115 g/mol. The highest BCUT2D eigenvalue weighted by Gasteiger charge is 2.25. The Kier molecular flexibility index (Phi) is 2.33. The standard InChI is InChI=1S/C4H8BO3/c1-2-6-5-7-3-4-8-5/h1-4H2. The molecule has 1 aliphatic rings. The molecule has 0 saturated carbocycles. The summed E-state index contributed by atoms with van der Waals surface area (Å²) in [6, 6.07) is 0. The number of hydrogen-bond donors (Lipinski definition) is 0. The molecule has 4 heteroatoms. The van der Waals surface area contributed by atoms with Crippen LogP contribution >= 0.6 is 0 Å². The van der Waals surface area contributed by atoms with Crippen molar-refractivity contribution in [3.63, 3.8) is 0 Å². The Balaban J connectivity index is 2.06. The third kappa shape index (κ3) is 1.47. The Hall–Kier alpha value is -0.0551. The molecule has 1 aliphatic heterocycles. The van der Waals surface area contributed by atoms with E-state index in [0.717, 1.165) is 0 Å². The quantitative estimate of drug-likeness (QED) is 0.469. The van der Waals surface area contributed by atoms with Crippen molar-refractivity contribution in [2.75, 3.05) is 19.8 Å². The van der Waals surface area contributed by atoms with E-state index in [1.54, 1.807) is 0 Å². The fourth-order valence-electron chi connectivity index (χ4n) is 0.529. The molecule has 1 rings (SSSR count). The monoisotopic (exact) mass is 115 g/mol. The third-order valence-electron chi connectivity index (χ3n) is 0.845. The number of rotatable bonds is 2. The van der Waals surface area contributed by atoms with E-state index in [9.17, 15) is 0 Å². The van der Waals surface area contributed by atoms with Crippen molar-refractivity contribution in [2.24, 2.45) is 0 Å². The van der Waals surface area contributed by atoms with Crippen molar-refractivity contribution in [1.82, 2.24) is 0 Å². The lowest BCUT2D eigenvalue weighted by atomic mass is 10.2. The number of hydrogen-bond acceptors (Lipinski definition) is 3. The zero-order chi connectivity index (χ0) is 5.82. The molecular weight excluding hydrogens is 107 g/mol. The normalized spacial score (nSPS) is 19.9. The fourth-order valence-corrected chi connectivity index (χ4v) is 0.529. The molecule has 1 radical (unpaired) electrons. The van der Waals surface area contributed by atoms with Gasteiger partial charge in [0.25, 0.3) is 0 Å². The van der Waals surface area contributed by atoms with E-state index in [0.29, 0.717) is 19.8 Å². The molecule has 0 aromatic rings. The molecule has 0 atom stereocenters. The van der Waals surface area contributed by atoms with Crippen molar-refractivity contribution >= 4 is 7.32 Å². The predicted molar refractivity (Wildman–Crippen MR) is 29.0 cm³/mol. The third-order valence-corrected chi connectivity index (χ3v) is 0.845. The van der Waals surface area contributed by atoms with Gasteiger partial charge in [-0.15, -0.1) is 0 Å². The summed E-state index contributed by atoms with van der Waals surface area (Å²) in [5.74, 6) is 0. The van der Waals surface area contributed by atoms with Crippen LogP contribution in [-0.4, -0.2) is 27.1 Å². The maximum atomic E-state index is 4.91. The van der Waals surface area contributed by atoms with E-state index >= 15 is 0 Å². The van der Waals surface area contributed by atoms with Gasteiger partial charge >= 0.3 is 7.32 Å². The van der Waals surface area contributed by atoms with Crippen LogP contribution < -0.4 is 0 Å². The largest absolute Gasteiger partial charge is 0.639 e. The maximum Gasteiger partial charge on any atom is 0.639 e. The van der Waals surface area contributed by atoms with Crippen LogP contribution in [0.4, 0.5) is 0 Å². The summed E-state index contributed by atoms with van der Waals surface area (Å²) < 4.78 is 14.7. The highest BCUT2D eigenvalue weighted by atomic mass is 16.8. The topological polar surface area (TPSA) is 27.7 Å². The summed E-state index contributed by atoms with van der Waals surface area (Å²) >= 11 is 0. The lowest BCUT2D eigenvalue weighted by molar-refractivity contribution is 0.197. The summed E-state index contributed by atoms with van der Waals surface area (Å²) in [6.07, 6.45) is 0. The molecule has 0 amide bonds. The molecular formula is C4H8BO3. The van der Waals surface area contributed by atoms with Gasteiger partial charge in [0.05, 0.1) is 13.2 Å². The first-order valence-corrected chi connectivity index (χ1v) is 2.57. The van der Waals surface area contributed by atoms with Gasteiger partial charge in [0.15, 0.2) is 0 Å². The average Bonchev–Trinajstić information content (AvgIpc) is 2.19. The summed E-state index contributed by atoms with van der Waals surface area (Å²) in [6.45, 7) is 5.12. The Morgan fingerprint density at radius 2 is 2.12 bits per heavy atom. The molecule has 8 heavy (non-hydrogen) atoms. The van der Waals surface area contributed by atoms with E-state index in [1.807, 2.05) is 0 Å². The van der Waals surface area contributed by atoms with Crippen LogP contribution in [0.15, 0.2) is 0 Å². The minimum Gasteiger partial charge on any atom is -0.386 e. The Morgan fingerprint density at radius 1 is 1.50 bits per heavy atom. The first-order chi connectivity index (χ1) is 3.93. The molecule has 45 valence electrons. The van der Waals surface area contributed by atoms with Gasteiger partial charge in [0.1, 0.15) is 0 Å². The van der Waals surface area contributed by atoms with Crippen molar-refractivity contribution in [2.45, 2.75) is 0 Å². The molecule has 0 spiro atoms. The van der Waals surface area contributed by atoms with E-state index in [1.165, 1.54) is 0 Å². The van der Waals surface area contributed by atoms with Crippen molar-refractivity contribution in [1.29, 1.82) is 0 Å². The zero-order valence-corrected chi connectivity index (χ0v) is 4.63. The lowest BCUT2D eigenvalue weighted by Crippen LogP contribution is -2.18. The second kappa shape index (κ2) is 3.07. The Labute approximate surface area is 49.1 Å². The molecule has 1 saturated heterocycles. The molecule has 0 bridgehead atoms. The van der Waals surface area contributed by atoms with Gasteiger partial charge in [-0.3, -0.25) is 0 Å². The second-order valence-corrected chi connectivity index (χ2v) is 1.40. The molecule has 1 heterocycles. The lowest BCUT2D eigenvalue weighted by Gasteiger charge is -1.99. The smallest absolute Gasteiger partial charge is 0.386 e. The van der Waals surface area contributed by atoms with E-state index in [-0.39, 0.29) is 0 Å². The molecule has 0 aliphatic carbocycles. The molecule has 0 unspecified atom stereocenters. The van der Waals surface area contributed by atoms with Crippen LogP contribution in [0.1, 0.15) is 0 Å². The van der Waals surface area contributed by atoms with Gasteiger partial charge in [-0.2, -0.15) is 0 Å². The minimum absolute atomic E-state index is 0.394. The van der Waals surface area contributed by atoms with Gasteiger partial charge in [0.2, 0.25) is 0 Å². The van der Waals surface area contributed by atoms with Crippen LogP contribution in [0.5, 0.6) is 0 Å². The van der Waals surface area contributed by atoms with E-state index in [4.69, 9.17) is 14.0 Å². The summed E-state index contributed by atoms with van der Waals surface area (Å²) in [7, 11) is -0.451. The second-order valence-electron chi connectivity index (χ2n) is 1.40. The van der Waals surface area contributed by atoms with Gasteiger partial charge in [-0.1, -0.05) is 0 Å². The van der Waals surface area contributed by atoms with Crippen LogP contribution in [-0.2, 0) is 14.0 Å². The summed E-state index contributed by atoms with van der Waals surface area (Å²) in [5.41, 5.74) is 0. The maximum absolute atomic E-state index is 4.91. The first-order valence-electron chi connectivity index (χ1n) is 2.57. The van der Waals surface area contributed by atoms with Gasteiger partial charge < -0.3 is 14.0 Å². The molecule has 0 aromatic heterocycles. The first kappa shape index (κ1) is 6.07. The zero-order valence-electron chi connectivity index (χ0n) is 4.63. The van der Waals surface area contributed by atoms with Crippen molar-refractivity contribution in [3.05, 3.63) is 6.92 Å². The van der Waals surface area contributed by atoms with Crippen LogP contribution in [0, 0.1) is 6.92 Å². The summed E-state index contributed by atoms with van der Waals surface area (Å²) in [4.78, 5) is 0. The summed E-state index contributed by atoms with van der Waals surface area (Å²) in [5, 5.41) is 0. The minimum atomic E-state index is -0.451. The molecule has 0 N–H and O–H groups in total. The van der Waals surface area contributed by atoms with Crippen LogP contribution in [0.2, 0.25) is 0 Å². The van der Waals surface area contributed by atoms with E-state index in [2.05, 4.69) is 6.92 Å². The Morgan fingerprint density at radius 3 is 2.62 bits per heavy atom. The Bertz CT molecular complexity index is 62.3. The highest BCUT2D eigenvalue weighted by Crippen LogP contribution is 1.98. The predicted octanol–water partition coefficient (Wildman–Crippen LogP) is -0.131. The molecule has 3 nitrogen and oxygen atoms in total. The van der Waals surface area contributed by atoms with Crippen LogP contribution in [0.3, 0.4) is 0 Å².